The first kappa shape index (κ1) is 27.1. The molecule has 2 aliphatic rings. The van der Waals surface area contributed by atoms with Gasteiger partial charge in [0.2, 0.25) is 5.91 Å². The van der Waals surface area contributed by atoms with Gasteiger partial charge in [-0.1, -0.05) is 0 Å². The Morgan fingerprint density at radius 3 is 2.63 bits per heavy atom. The van der Waals surface area contributed by atoms with Gasteiger partial charge in [0.1, 0.15) is 17.6 Å². The molecule has 41 heavy (non-hydrogen) atoms. The molecule has 12 heteroatoms. The summed E-state index contributed by atoms with van der Waals surface area (Å²) in [6, 6.07) is 10.1. The Morgan fingerprint density at radius 1 is 1.07 bits per heavy atom. The molecule has 2 heterocycles. The first-order valence-electron chi connectivity index (χ1n) is 12.7. The van der Waals surface area contributed by atoms with Crippen molar-refractivity contribution in [2.75, 3.05) is 17.7 Å². The molecular formula is C29H22F3IN4O4. The molecule has 2 amide bonds. The highest BCUT2D eigenvalue weighted by Crippen LogP contribution is 2.49. The third-order valence-electron chi connectivity index (χ3n) is 7.32. The van der Waals surface area contributed by atoms with Crippen molar-refractivity contribution in [2.24, 2.45) is 5.92 Å². The van der Waals surface area contributed by atoms with Gasteiger partial charge in [-0.2, -0.15) is 0 Å². The number of anilines is 3. The van der Waals surface area contributed by atoms with Gasteiger partial charge in [0, 0.05) is 21.4 Å². The van der Waals surface area contributed by atoms with Gasteiger partial charge in [-0.25, -0.2) is 18.2 Å². The highest BCUT2D eigenvalue weighted by molar-refractivity contribution is 14.1. The molecule has 1 saturated carbocycles. The Bertz CT molecular complexity index is 1670. The number of hydrogen-bond donors (Lipinski definition) is 2. The molecule has 6 rings (SSSR count). The minimum Gasteiger partial charge on any atom is -0.496 e. The SMILES string of the molecule is COc1cc(NC(=O)[C@H]2C[C@H]3C[C@H]3N2C(=O)c2ccc(F)c(F)c2Nc2ccc(I)cc2F)ccc1-c1cnco1. The fourth-order valence-corrected chi connectivity index (χ4v) is 5.70. The molecule has 1 aliphatic heterocycles. The molecule has 2 fully saturated rings. The normalized spacial score (nSPS) is 19.0. The molecule has 1 aliphatic carbocycles. The number of halogens is 4. The summed E-state index contributed by atoms with van der Waals surface area (Å²) in [5.41, 5.74) is 0.264. The zero-order valence-electron chi connectivity index (χ0n) is 21.5. The number of piperidine rings is 1. The smallest absolute Gasteiger partial charge is 0.257 e. The molecule has 3 aromatic carbocycles. The number of methoxy groups -OCH3 is 1. The molecular weight excluding hydrogens is 652 g/mol. The second-order valence-corrected chi connectivity index (χ2v) is 11.1. The largest absolute Gasteiger partial charge is 0.496 e. The topological polar surface area (TPSA) is 96.7 Å². The van der Waals surface area contributed by atoms with E-state index in [4.69, 9.17) is 9.15 Å². The van der Waals surface area contributed by atoms with E-state index in [1.165, 1.54) is 30.5 Å². The number of hydrogen-bond acceptors (Lipinski definition) is 6. The second kappa shape index (κ2) is 10.7. The fraction of sp³-hybridized carbons (Fsp3) is 0.207. The lowest BCUT2D eigenvalue weighted by Gasteiger charge is -2.28. The number of carbonyl (C=O) groups excluding carboxylic acids is 2. The van der Waals surface area contributed by atoms with Gasteiger partial charge in [-0.05, 0) is 83.8 Å². The lowest BCUT2D eigenvalue weighted by Crippen LogP contribution is -2.45. The predicted octanol–water partition coefficient (Wildman–Crippen LogP) is 6.36. The van der Waals surface area contributed by atoms with E-state index in [0.717, 1.165) is 12.1 Å². The van der Waals surface area contributed by atoms with Crippen LogP contribution in [0.5, 0.6) is 5.75 Å². The van der Waals surface area contributed by atoms with Gasteiger partial charge in [0.25, 0.3) is 5.91 Å². The summed E-state index contributed by atoms with van der Waals surface area (Å²) in [5.74, 6) is -3.23. The maximum atomic E-state index is 15.0. The van der Waals surface area contributed by atoms with Crippen molar-refractivity contribution in [3.05, 3.63) is 87.7 Å². The fourth-order valence-electron chi connectivity index (χ4n) is 5.25. The number of aromatic nitrogens is 1. The lowest BCUT2D eigenvalue weighted by atomic mass is 10.1. The number of fused-ring (bicyclic) bond motifs is 1. The lowest BCUT2D eigenvalue weighted by molar-refractivity contribution is -0.120. The number of oxazole rings is 1. The monoisotopic (exact) mass is 674 g/mol. The van der Waals surface area contributed by atoms with Crippen molar-refractivity contribution in [1.29, 1.82) is 0 Å². The van der Waals surface area contributed by atoms with Crippen LogP contribution in [0.2, 0.25) is 0 Å². The average Bonchev–Trinajstić information content (AvgIpc) is 3.32. The Kier molecular flexibility index (Phi) is 7.09. The van der Waals surface area contributed by atoms with Crippen LogP contribution in [-0.4, -0.2) is 40.9 Å². The van der Waals surface area contributed by atoms with Gasteiger partial charge < -0.3 is 24.7 Å². The molecule has 210 valence electrons. The van der Waals surface area contributed by atoms with Gasteiger partial charge in [-0.3, -0.25) is 9.59 Å². The molecule has 8 nitrogen and oxygen atoms in total. The second-order valence-electron chi connectivity index (χ2n) is 9.83. The number of benzene rings is 3. The minimum atomic E-state index is -1.32. The van der Waals surface area contributed by atoms with Gasteiger partial charge in [-0.15, -0.1) is 0 Å². The highest BCUT2D eigenvalue weighted by Gasteiger charge is 2.56. The van der Waals surface area contributed by atoms with Crippen molar-refractivity contribution >= 4 is 51.5 Å². The Morgan fingerprint density at radius 2 is 1.90 bits per heavy atom. The molecule has 0 spiro atoms. The van der Waals surface area contributed by atoms with Gasteiger partial charge in [0.15, 0.2) is 23.8 Å². The van der Waals surface area contributed by atoms with E-state index in [1.54, 1.807) is 30.5 Å². The first-order valence-corrected chi connectivity index (χ1v) is 13.7. The molecule has 0 radical (unpaired) electrons. The van der Waals surface area contributed by atoms with Crippen LogP contribution >= 0.6 is 22.6 Å². The minimum absolute atomic E-state index is 0.119. The summed E-state index contributed by atoms with van der Waals surface area (Å²) in [6.07, 6.45) is 3.96. The third-order valence-corrected chi connectivity index (χ3v) is 8.00. The van der Waals surface area contributed by atoms with Crippen LogP contribution in [0.3, 0.4) is 0 Å². The van der Waals surface area contributed by atoms with Crippen molar-refractivity contribution in [2.45, 2.75) is 24.9 Å². The molecule has 0 unspecified atom stereocenters. The quantitative estimate of drug-likeness (QED) is 0.222. The summed E-state index contributed by atoms with van der Waals surface area (Å²) in [4.78, 5) is 32.6. The van der Waals surface area contributed by atoms with Crippen molar-refractivity contribution in [3.8, 4) is 17.1 Å². The van der Waals surface area contributed by atoms with Crippen LogP contribution in [-0.2, 0) is 4.79 Å². The van der Waals surface area contributed by atoms with Crippen molar-refractivity contribution in [3.63, 3.8) is 0 Å². The van der Waals surface area contributed by atoms with E-state index in [9.17, 15) is 18.4 Å². The van der Waals surface area contributed by atoms with Crippen molar-refractivity contribution in [1.82, 2.24) is 9.88 Å². The summed E-state index contributed by atoms with van der Waals surface area (Å²) >= 11 is 1.92. The number of nitrogens with one attached hydrogen (secondary N) is 2. The number of likely N-dealkylation sites (tertiary alicyclic amines) is 1. The number of carbonyl (C=O) groups is 2. The zero-order valence-corrected chi connectivity index (χ0v) is 23.6. The van der Waals surface area contributed by atoms with E-state index in [2.05, 4.69) is 15.6 Å². The maximum Gasteiger partial charge on any atom is 0.257 e. The summed E-state index contributed by atoms with van der Waals surface area (Å²) in [5, 5.41) is 5.39. The molecule has 4 aromatic rings. The summed E-state index contributed by atoms with van der Waals surface area (Å²) in [6.45, 7) is 0. The van der Waals surface area contributed by atoms with Crippen LogP contribution < -0.4 is 15.4 Å². The standard InChI is InChI=1S/C29H22F3IN4O4/c1-40-24-11-16(3-4-17(24)25-12-34-13-41-25)35-28(38)23-9-14-8-22(14)37(23)29(39)18-5-6-19(30)26(32)27(18)36-21-7-2-15(33)10-20(21)31/h2-7,10-14,22-23,36H,8-9H2,1H3,(H,35,38)/t14-,22-,23-/m1/s1. The highest BCUT2D eigenvalue weighted by atomic mass is 127. The molecule has 1 aromatic heterocycles. The first-order chi connectivity index (χ1) is 19.7. The van der Waals surface area contributed by atoms with E-state index in [-0.39, 0.29) is 23.2 Å². The van der Waals surface area contributed by atoms with E-state index >= 15 is 4.39 Å². The Labute approximate surface area is 246 Å². The predicted molar refractivity (Wildman–Crippen MR) is 152 cm³/mol. The molecule has 1 saturated heterocycles. The molecule has 3 atom stereocenters. The number of nitrogens with zero attached hydrogens (tertiary/aromatic N) is 2. The summed E-state index contributed by atoms with van der Waals surface area (Å²) < 4.78 is 55.2. The Balaban J connectivity index is 1.27. The number of amides is 2. The van der Waals surface area contributed by atoms with Crippen LogP contribution in [0.4, 0.5) is 30.2 Å². The van der Waals surface area contributed by atoms with Crippen LogP contribution in [0.25, 0.3) is 11.3 Å². The molecule has 2 N–H and O–H groups in total. The molecule has 0 bridgehead atoms. The van der Waals surface area contributed by atoms with Gasteiger partial charge >= 0.3 is 0 Å². The van der Waals surface area contributed by atoms with E-state index < -0.39 is 41.0 Å². The van der Waals surface area contributed by atoms with Gasteiger partial charge in [0.05, 0.1) is 35.8 Å². The average molecular weight is 674 g/mol. The maximum absolute atomic E-state index is 15.0. The van der Waals surface area contributed by atoms with Crippen molar-refractivity contribution < 1.29 is 31.9 Å². The van der Waals surface area contributed by atoms with Crippen LogP contribution in [0, 0.1) is 26.9 Å². The zero-order chi connectivity index (χ0) is 28.8. The summed E-state index contributed by atoms with van der Waals surface area (Å²) in [7, 11) is 1.49. The van der Waals surface area contributed by atoms with E-state index in [0.29, 0.717) is 39.2 Å². The Hall–Kier alpha value is -4.07. The van der Waals surface area contributed by atoms with Crippen LogP contribution in [0.15, 0.2) is 65.5 Å². The van der Waals surface area contributed by atoms with E-state index in [1.807, 2.05) is 22.6 Å². The third kappa shape index (κ3) is 5.11. The van der Waals surface area contributed by atoms with Crippen LogP contribution in [0.1, 0.15) is 23.2 Å². The number of rotatable bonds is 7. The number of ether oxygens (including phenoxy) is 1.